The van der Waals surface area contributed by atoms with Crippen molar-refractivity contribution in [2.24, 2.45) is 0 Å². The first kappa shape index (κ1) is 44.0. The van der Waals surface area contributed by atoms with Gasteiger partial charge in [-0.3, -0.25) is 9.35 Å². The van der Waals surface area contributed by atoms with Gasteiger partial charge in [-0.25, -0.2) is 4.18 Å². The van der Waals surface area contributed by atoms with E-state index in [1.807, 2.05) is 0 Å². The Morgan fingerprint density at radius 3 is 1.80 bits per heavy atom. The summed E-state index contributed by atoms with van der Waals surface area (Å²) < 4.78 is 69.6. The Hall–Kier alpha value is -1.38. The highest BCUT2D eigenvalue weighted by Gasteiger charge is 2.55. The van der Waals surface area contributed by atoms with Crippen LogP contribution in [0, 0.1) is 0 Å². The summed E-state index contributed by atoms with van der Waals surface area (Å²) in [4.78, 5) is 12.5. The van der Waals surface area contributed by atoms with Crippen LogP contribution in [0.1, 0.15) is 13.8 Å². The highest BCUT2D eigenvalue weighted by Crippen LogP contribution is 2.35. The van der Waals surface area contributed by atoms with Gasteiger partial charge in [0.05, 0.1) is 32.5 Å². The Bertz CT molecular complexity index is 1200. The number of aliphatic hydroxyl groups is 12. The minimum atomic E-state index is -5.10. The lowest BCUT2D eigenvalue weighted by Crippen LogP contribution is -2.70. The first-order valence-corrected chi connectivity index (χ1v) is 16.9. The molecule has 3 heterocycles. The fourth-order valence-corrected chi connectivity index (χ4v) is 5.93. The summed E-state index contributed by atoms with van der Waals surface area (Å²) in [6.45, 7) is -2.02. The number of hydrogen-bond acceptors (Lipinski definition) is 22. The van der Waals surface area contributed by atoms with E-state index in [4.69, 9.17) is 33.0 Å². The van der Waals surface area contributed by atoms with Crippen molar-refractivity contribution in [1.82, 2.24) is 5.32 Å². The van der Waals surface area contributed by atoms with E-state index in [0.29, 0.717) is 0 Å². The van der Waals surface area contributed by atoms with E-state index in [1.165, 1.54) is 6.92 Å². The summed E-state index contributed by atoms with van der Waals surface area (Å²) in [5, 5.41) is 126. The van der Waals surface area contributed by atoms with Gasteiger partial charge in [-0.15, -0.1) is 0 Å². The molecule has 19 atom stereocenters. The number of ether oxygens (including phenoxy) is 6. The second-order valence-corrected chi connectivity index (χ2v) is 13.2. The highest BCUT2D eigenvalue weighted by molar-refractivity contribution is 7.80. The average Bonchev–Trinajstić information content (AvgIpc) is 3.08. The molecule has 14 N–H and O–H groups in total. The lowest BCUT2D eigenvalue weighted by Gasteiger charge is -2.50. The van der Waals surface area contributed by atoms with Gasteiger partial charge in [0, 0.05) is 6.92 Å². The molecule has 3 aliphatic heterocycles. The Kier molecular flexibility index (Phi) is 16.2. The van der Waals surface area contributed by atoms with E-state index >= 15 is 0 Å². The maximum absolute atomic E-state index is 12.5. The molecule has 300 valence electrons. The molecule has 0 aliphatic carbocycles. The number of aliphatic hydroxyl groups excluding tert-OH is 12. The van der Waals surface area contributed by atoms with Crippen molar-refractivity contribution < 1.29 is 112 Å². The molecule has 1 amide bonds. The fraction of sp³-hybridized carbons (Fsp3) is 0.962. The Labute approximate surface area is 290 Å². The lowest BCUT2D eigenvalue weighted by molar-refractivity contribution is -0.378. The van der Waals surface area contributed by atoms with Crippen LogP contribution in [0.25, 0.3) is 0 Å². The van der Waals surface area contributed by atoms with Gasteiger partial charge in [0.1, 0.15) is 91.5 Å². The van der Waals surface area contributed by atoms with Crippen LogP contribution >= 0.6 is 0 Å². The lowest BCUT2D eigenvalue weighted by atomic mass is 9.94. The topological polar surface area (TPSA) is 391 Å². The van der Waals surface area contributed by atoms with Crippen LogP contribution in [0.3, 0.4) is 0 Å². The maximum atomic E-state index is 12.5. The van der Waals surface area contributed by atoms with Crippen LogP contribution in [0.5, 0.6) is 0 Å². The van der Waals surface area contributed by atoms with Crippen molar-refractivity contribution in [2.45, 2.75) is 130 Å². The summed E-state index contributed by atoms with van der Waals surface area (Å²) in [5.41, 5.74) is 0. The predicted octanol–water partition coefficient (Wildman–Crippen LogP) is -9.11. The monoisotopic (exact) mass is 773 g/mol. The van der Waals surface area contributed by atoms with E-state index in [9.17, 15) is 74.5 Å². The number of nitrogens with one attached hydrogen (secondary N) is 1. The number of hydrogen-bond donors (Lipinski definition) is 14. The highest BCUT2D eigenvalue weighted by atomic mass is 32.3. The second kappa shape index (κ2) is 18.8. The summed E-state index contributed by atoms with van der Waals surface area (Å²) >= 11 is 0. The minimum absolute atomic E-state index is 0.856. The number of carbonyl (C=O) groups excluding carboxylic acids is 1. The molecule has 3 rings (SSSR count). The van der Waals surface area contributed by atoms with Gasteiger partial charge in [0.25, 0.3) is 0 Å². The Morgan fingerprint density at radius 1 is 0.745 bits per heavy atom. The van der Waals surface area contributed by atoms with E-state index in [0.717, 1.165) is 6.92 Å². The standard InChI is InChI=1S/C26H47NO23S/c1-7-14(34)17(37)19(39)25(45-7)50-23-13(27-8(2)31)24(48-21(10(33)4-29)15(35)9(32)3-28)46-11(5-30)22(23)49-26-20(40)18(38)16(36)12(47-26)6-44-51(41,42)43/h7,9-26,28-30,32-40H,3-6H2,1-2H3,(H,27,31)(H,41,42,43)/t7-,9+,10-,11+,12+,13+,14+,15-,16-,17+,18-,19-,20+,21+,22+,23+,24-,25-,26-/m0/s1. The van der Waals surface area contributed by atoms with Crippen molar-refractivity contribution in [2.75, 3.05) is 26.4 Å². The molecule has 0 spiro atoms. The minimum Gasteiger partial charge on any atom is -0.394 e. The van der Waals surface area contributed by atoms with Gasteiger partial charge in [-0.05, 0) is 6.92 Å². The average molecular weight is 774 g/mol. The normalized spacial score (nSPS) is 41.7. The van der Waals surface area contributed by atoms with Crippen LogP contribution in [0.4, 0.5) is 0 Å². The van der Waals surface area contributed by atoms with E-state index in [2.05, 4.69) is 9.50 Å². The van der Waals surface area contributed by atoms with Crippen molar-refractivity contribution in [3.8, 4) is 0 Å². The zero-order chi connectivity index (χ0) is 38.5. The van der Waals surface area contributed by atoms with Crippen molar-refractivity contribution >= 4 is 16.3 Å². The third-order valence-electron chi connectivity index (χ3n) is 8.41. The van der Waals surface area contributed by atoms with Crippen LogP contribution < -0.4 is 5.32 Å². The van der Waals surface area contributed by atoms with E-state index < -0.39 is 159 Å². The molecule has 3 saturated heterocycles. The SMILES string of the molecule is CC(=O)N[C@H]1[C@H](O[C@@H]([C@@H](O)[C@H](O)CO)[C@@H](O)CO)O[C@H](CO)[C@@H](O[C@@H]2O[C@H](COS(=O)(=O)O)[C@H](O)[C@H](O)[C@H]2O)[C@@H]1O[C@@H]1O[C@@H](C)[C@@H](O)[C@@H](O)[C@@H]1O. The molecule has 3 aliphatic rings. The largest absolute Gasteiger partial charge is 0.397 e. The third-order valence-corrected chi connectivity index (χ3v) is 8.85. The molecule has 0 aromatic carbocycles. The zero-order valence-electron chi connectivity index (χ0n) is 27.1. The number of carbonyl (C=O) groups is 1. The van der Waals surface area contributed by atoms with Gasteiger partial charge in [-0.2, -0.15) is 8.42 Å². The molecular weight excluding hydrogens is 726 g/mol. The van der Waals surface area contributed by atoms with Crippen LogP contribution in [0.2, 0.25) is 0 Å². The summed E-state index contributed by atoms with van der Waals surface area (Å²) in [5.74, 6) is -0.856. The maximum Gasteiger partial charge on any atom is 0.397 e. The predicted molar refractivity (Wildman–Crippen MR) is 157 cm³/mol. The van der Waals surface area contributed by atoms with Gasteiger partial charge < -0.3 is 95.0 Å². The Balaban J connectivity index is 2.09. The van der Waals surface area contributed by atoms with Gasteiger partial charge in [-0.1, -0.05) is 0 Å². The van der Waals surface area contributed by atoms with Crippen LogP contribution in [-0.4, -0.2) is 223 Å². The smallest absolute Gasteiger partial charge is 0.394 e. The molecule has 3 fully saturated rings. The van der Waals surface area contributed by atoms with Crippen molar-refractivity contribution in [3.05, 3.63) is 0 Å². The molecule has 0 radical (unpaired) electrons. The van der Waals surface area contributed by atoms with Gasteiger partial charge >= 0.3 is 10.4 Å². The first-order valence-electron chi connectivity index (χ1n) is 15.5. The number of amides is 1. The van der Waals surface area contributed by atoms with E-state index in [1.54, 1.807) is 0 Å². The molecule has 25 heteroatoms. The van der Waals surface area contributed by atoms with Crippen molar-refractivity contribution in [1.29, 1.82) is 0 Å². The molecule has 0 saturated carbocycles. The van der Waals surface area contributed by atoms with Gasteiger partial charge in [0.15, 0.2) is 18.9 Å². The van der Waals surface area contributed by atoms with Crippen LogP contribution in [-0.2, 0) is 47.8 Å². The summed E-state index contributed by atoms with van der Waals surface area (Å²) in [7, 11) is -5.10. The molecule has 24 nitrogen and oxygen atoms in total. The summed E-state index contributed by atoms with van der Waals surface area (Å²) in [6, 6.07) is -1.76. The molecular formula is C26H47NO23S. The third kappa shape index (κ3) is 10.9. The Morgan fingerprint density at radius 2 is 1.27 bits per heavy atom. The number of rotatable bonds is 16. The van der Waals surface area contributed by atoms with Gasteiger partial charge in [0.2, 0.25) is 5.91 Å². The molecule has 51 heavy (non-hydrogen) atoms. The fourth-order valence-electron chi connectivity index (χ4n) is 5.62. The second-order valence-electron chi connectivity index (χ2n) is 12.2. The summed E-state index contributed by atoms with van der Waals surface area (Å²) in [6.07, 6.45) is -34.2. The molecule has 0 unspecified atom stereocenters. The molecule has 0 aromatic heterocycles. The van der Waals surface area contributed by atoms with Crippen molar-refractivity contribution in [3.63, 3.8) is 0 Å². The van der Waals surface area contributed by atoms with Crippen LogP contribution in [0.15, 0.2) is 0 Å². The zero-order valence-corrected chi connectivity index (χ0v) is 27.9. The first-order chi connectivity index (χ1) is 23.8. The quantitative estimate of drug-likeness (QED) is 0.0647. The molecule has 0 aromatic rings. The van der Waals surface area contributed by atoms with E-state index in [-0.39, 0.29) is 0 Å². The molecule has 0 bridgehead atoms.